The van der Waals surface area contributed by atoms with Crippen LogP contribution in [0.15, 0.2) is 42.5 Å². The molecule has 18 heavy (non-hydrogen) atoms. The molecule has 0 saturated carbocycles. The highest BCUT2D eigenvalue weighted by molar-refractivity contribution is 5.41. The second kappa shape index (κ2) is 5.58. The Kier molecular flexibility index (Phi) is 3.88. The molecule has 2 heteroatoms. The second-order valence-corrected chi connectivity index (χ2v) is 4.34. The SMILES string of the molecule is COc1ccc(Cc2cc(C)ccc2OC)cc1. The maximum absolute atomic E-state index is 5.39. The topological polar surface area (TPSA) is 18.5 Å². The molecule has 0 spiro atoms. The van der Waals surface area contributed by atoms with Gasteiger partial charge in [-0.25, -0.2) is 0 Å². The third-order valence-corrected chi connectivity index (χ3v) is 2.99. The van der Waals surface area contributed by atoms with E-state index >= 15 is 0 Å². The van der Waals surface area contributed by atoms with E-state index < -0.39 is 0 Å². The molecule has 2 rings (SSSR count). The van der Waals surface area contributed by atoms with Crippen LogP contribution < -0.4 is 9.47 Å². The highest BCUT2D eigenvalue weighted by Gasteiger charge is 2.04. The van der Waals surface area contributed by atoms with Crippen LogP contribution in [0, 0.1) is 6.92 Å². The number of aryl methyl sites for hydroxylation is 1. The highest BCUT2D eigenvalue weighted by Crippen LogP contribution is 2.23. The summed E-state index contributed by atoms with van der Waals surface area (Å²) in [6, 6.07) is 14.4. The molecule has 94 valence electrons. The van der Waals surface area contributed by atoms with Gasteiger partial charge in [0.2, 0.25) is 0 Å². The maximum atomic E-state index is 5.39. The van der Waals surface area contributed by atoms with Gasteiger partial charge in [-0.15, -0.1) is 0 Å². The van der Waals surface area contributed by atoms with Gasteiger partial charge >= 0.3 is 0 Å². The van der Waals surface area contributed by atoms with Crippen LogP contribution in [0.1, 0.15) is 16.7 Å². The van der Waals surface area contributed by atoms with E-state index in [-0.39, 0.29) is 0 Å². The first kappa shape index (κ1) is 12.5. The molecule has 2 aromatic carbocycles. The predicted molar refractivity (Wildman–Crippen MR) is 73.5 cm³/mol. The van der Waals surface area contributed by atoms with E-state index in [0.717, 1.165) is 17.9 Å². The Bertz CT molecular complexity index is 515. The summed E-state index contributed by atoms with van der Waals surface area (Å²) in [6.45, 7) is 2.09. The lowest BCUT2D eigenvalue weighted by Crippen LogP contribution is -1.94. The van der Waals surface area contributed by atoms with Crippen LogP contribution in [-0.2, 0) is 6.42 Å². The average molecular weight is 242 g/mol. The van der Waals surface area contributed by atoms with E-state index in [9.17, 15) is 0 Å². The highest BCUT2D eigenvalue weighted by atomic mass is 16.5. The molecule has 0 radical (unpaired) electrons. The van der Waals surface area contributed by atoms with Gasteiger partial charge in [-0.1, -0.05) is 29.8 Å². The van der Waals surface area contributed by atoms with Crippen molar-refractivity contribution in [2.75, 3.05) is 14.2 Å². The summed E-state index contributed by atoms with van der Waals surface area (Å²) in [6.07, 6.45) is 0.870. The Morgan fingerprint density at radius 2 is 1.61 bits per heavy atom. The largest absolute Gasteiger partial charge is 0.497 e. The van der Waals surface area contributed by atoms with Crippen LogP contribution in [-0.4, -0.2) is 14.2 Å². The molecule has 0 amide bonds. The van der Waals surface area contributed by atoms with E-state index in [1.165, 1.54) is 16.7 Å². The normalized spacial score (nSPS) is 10.2. The molecular weight excluding hydrogens is 224 g/mol. The Morgan fingerprint density at radius 1 is 0.889 bits per heavy atom. The summed E-state index contributed by atoms with van der Waals surface area (Å²) in [5.41, 5.74) is 3.71. The molecule has 0 aromatic heterocycles. The molecule has 2 aromatic rings. The van der Waals surface area contributed by atoms with Crippen LogP contribution in [0.5, 0.6) is 11.5 Å². The average Bonchev–Trinajstić information content (AvgIpc) is 2.40. The molecule has 0 bridgehead atoms. The Balaban J connectivity index is 2.24. The first-order chi connectivity index (χ1) is 8.72. The van der Waals surface area contributed by atoms with E-state index in [1.807, 2.05) is 18.2 Å². The summed E-state index contributed by atoms with van der Waals surface area (Å²) in [7, 11) is 3.39. The lowest BCUT2D eigenvalue weighted by Gasteiger charge is -2.10. The Morgan fingerprint density at radius 3 is 2.22 bits per heavy atom. The lowest BCUT2D eigenvalue weighted by molar-refractivity contribution is 0.410. The molecule has 0 aliphatic rings. The zero-order valence-electron chi connectivity index (χ0n) is 11.1. The minimum absolute atomic E-state index is 0.870. The fourth-order valence-electron chi connectivity index (χ4n) is 2.01. The van der Waals surface area contributed by atoms with Crippen molar-refractivity contribution >= 4 is 0 Å². The van der Waals surface area contributed by atoms with Crippen molar-refractivity contribution in [3.05, 3.63) is 59.2 Å². The van der Waals surface area contributed by atoms with Gasteiger partial charge in [0.1, 0.15) is 11.5 Å². The number of benzene rings is 2. The maximum Gasteiger partial charge on any atom is 0.122 e. The van der Waals surface area contributed by atoms with Gasteiger partial charge in [-0.2, -0.15) is 0 Å². The molecule has 0 heterocycles. The first-order valence-corrected chi connectivity index (χ1v) is 5.99. The van der Waals surface area contributed by atoms with Crippen molar-refractivity contribution in [3.8, 4) is 11.5 Å². The zero-order valence-corrected chi connectivity index (χ0v) is 11.1. The number of ether oxygens (including phenoxy) is 2. The quantitative estimate of drug-likeness (QED) is 0.815. The van der Waals surface area contributed by atoms with Crippen molar-refractivity contribution < 1.29 is 9.47 Å². The molecule has 2 nitrogen and oxygen atoms in total. The van der Waals surface area contributed by atoms with Crippen molar-refractivity contribution in [1.29, 1.82) is 0 Å². The number of rotatable bonds is 4. The molecule has 0 fully saturated rings. The summed E-state index contributed by atoms with van der Waals surface area (Å²) in [5.74, 6) is 1.83. The summed E-state index contributed by atoms with van der Waals surface area (Å²) in [4.78, 5) is 0. The monoisotopic (exact) mass is 242 g/mol. The first-order valence-electron chi connectivity index (χ1n) is 5.99. The fraction of sp³-hybridized carbons (Fsp3) is 0.250. The van der Waals surface area contributed by atoms with Gasteiger partial charge in [0.15, 0.2) is 0 Å². The van der Waals surface area contributed by atoms with E-state index in [0.29, 0.717) is 0 Å². The second-order valence-electron chi connectivity index (χ2n) is 4.34. The van der Waals surface area contributed by atoms with Crippen LogP contribution in [0.4, 0.5) is 0 Å². The van der Waals surface area contributed by atoms with Crippen LogP contribution >= 0.6 is 0 Å². The summed E-state index contributed by atoms with van der Waals surface area (Å²) < 4.78 is 10.6. The van der Waals surface area contributed by atoms with Crippen molar-refractivity contribution in [3.63, 3.8) is 0 Å². The van der Waals surface area contributed by atoms with E-state index in [1.54, 1.807) is 14.2 Å². The van der Waals surface area contributed by atoms with Gasteiger partial charge in [0.05, 0.1) is 14.2 Å². The van der Waals surface area contributed by atoms with E-state index in [2.05, 4.69) is 31.2 Å². The van der Waals surface area contributed by atoms with Gasteiger partial charge in [-0.3, -0.25) is 0 Å². The Labute approximate surface area is 108 Å². The smallest absolute Gasteiger partial charge is 0.122 e. The summed E-state index contributed by atoms with van der Waals surface area (Å²) in [5, 5.41) is 0. The number of hydrogen-bond acceptors (Lipinski definition) is 2. The van der Waals surface area contributed by atoms with Crippen LogP contribution in [0.2, 0.25) is 0 Å². The molecule has 0 aliphatic heterocycles. The third kappa shape index (κ3) is 2.83. The molecule has 0 N–H and O–H groups in total. The van der Waals surface area contributed by atoms with Crippen molar-refractivity contribution in [1.82, 2.24) is 0 Å². The molecule has 0 aliphatic carbocycles. The third-order valence-electron chi connectivity index (χ3n) is 2.99. The van der Waals surface area contributed by atoms with Crippen molar-refractivity contribution in [2.24, 2.45) is 0 Å². The Hall–Kier alpha value is -1.96. The number of methoxy groups -OCH3 is 2. The lowest BCUT2D eigenvalue weighted by atomic mass is 10.0. The molecule has 0 unspecified atom stereocenters. The fourth-order valence-corrected chi connectivity index (χ4v) is 2.01. The summed E-state index contributed by atoms with van der Waals surface area (Å²) >= 11 is 0. The van der Waals surface area contributed by atoms with Gasteiger partial charge in [0.25, 0.3) is 0 Å². The molecule has 0 saturated heterocycles. The van der Waals surface area contributed by atoms with E-state index in [4.69, 9.17) is 9.47 Å². The minimum atomic E-state index is 0.870. The van der Waals surface area contributed by atoms with Gasteiger partial charge in [0, 0.05) is 6.42 Å². The molecular formula is C16H18O2. The van der Waals surface area contributed by atoms with Crippen LogP contribution in [0.3, 0.4) is 0 Å². The standard InChI is InChI=1S/C16H18O2/c1-12-4-9-16(18-3)14(10-12)11-13-5-7-15(17-2)8-6-13/h4-10H,11H2,1-3H3. The van der Waals surface area contributed by atoms with Crippen molar-refractivity contribution in [2.45, 2.75) is 13.3 Å². The zero-order chi connectivity index (χ0) is 13.0. The van der Waals surface area contributed by atoms with Gasteiger partial charge < -0.3 is 9.47 Å². The number of hydrogen-bond donors (Lipinski definition) is 0. The minimum Gasteiger partial charge on any atom is -0.497 e. The van der Waals surface area contributed by atoms with Gasteiger partial charge in [-0.05, 0) is 36.2 Å². The van der Waals surface area contributed by atoms with Crippen LogP contribution in [0.25, 0.3) is 0 Å². The predicted octanol–water partition coefficient (Wildman–Crippen LogP) is 3.60. The molecule has 0 atom stereocenters.